The molecule has 0 bridgehead atoms. The summed E-state index contributed by atoms with van der Waals surface area (Å²) in [5.41, 5.74) is 3.56. The average molecular weight is 262 g/mol. The Balaban J connectivity index is 1.99. The van der Waals surface area contributed by atoms with E-state index in [0.29, 0.717) is 6.61 Å². The van der Waals surface area contributed by atoms with Crippen LogP contribution in [-0.2, 0) is 17.9 Å². The molecule has 0 aliphatic heterocycles. The maximum absolute atomic E-state index is 5.48. The molecular weight excluding hydrogens is 244 g/mol. The fourth-order valence-corrected chi connectivity index (χ4v) is 2.38. The number of nitrogens with zero attached hydrogens (tertiary/aromatic N) is 1. The van der Waals surface area contributed by atoms with Crippen molar-refractivity contribution >= 4 is 16.5 Å². The Morgan fingerprint density at radius 2 is 2.06 bits per heavy atom. The molecule has 0 radical (unpaired) electrons. The van der Waals surface area contributed by atoms with Crippen LogP contribution in [0.15, 0.2) is 29.6 Å². The molecule has 0 amide bonds. The summed E-state index contributed by atoms with van der Waals surface area (Å²) < 4.78 is 5.48. The van der Waals surface area contributed by atoms with E-state index in [2.05, 4.69) is 33.9 Å². The number of aromatic nitrogens is 1. The van der Waals surface area contributed by atoms with Crippen molar-refractivity contribution in [3.8, 4) is 0 Å². The summed E-state index contributed by atoms with van der Waals surface area (Å²) in [5, 5.41) is 6.37. The Morgan fingerprint density at radius 3 is 2.72 bits per heavy atom. The van der Waals surface area contributed by atoms with Gasteiger partial charge < -0.3 is 10.1 Å². The molecule has 2 aromatic rings. The van der Waals surface area contributed by atoms with Gasteiger partial charge in [0.2, 0.25) is 0 Å². The molecule has 18 heavy (non-hydrogen) atoms. The molecule has 0 saturated carbocycles. The molecular formula is C14H18N2OS. The lowest BCUT2D eigenvalue weighted by Crippen LogP contribution is -2.04. The van der Waals surface area contributed by atoms with E-state index in [-0.39, 0.29) is 0 Å². The summed E-state index contributed by atoms with van der Waals surface area (Å²) in [5.74, 6) is 0. The molecule has 4 heteroatoms. The predicted octanol–water partition coefficient (Wildman–Crippen LogP) is 3.60. The van der Waals surface area contributed by atoms with Crippen molar-refractivity contribution in [2.45, 2.75) is 27.0 Å². The van der Waals surface area contributed by atoms with Crippen LogP contribution in [0.25, 0.3) is 0 Å². The SMILES string of the molecule is CCOCc1ccccc1CNc1nc(C)cs1. The average Bonchev–Trinajstić information content (AvgIpc) is 2.81. The van der Waals surface area contributed by atoms with Crippen LogP contribution < -0.4 is 5.32 Å². The highest BCUT2D eigenvalue weighted by Gasteiger charge is 2.03. The third-order valence-corrected chi connectivity index (χ3v) is 3.55. The van der Waals surface area contributed by atoms with Gasteiger partial charge >= 0.3 is 0 Å². The number of aryl methyl sites for hydroxylation is 1. The normalized spacial score (nSPS) is 10.6. The fraction of sp³-hybridized carbons (Fsp3) is 0.357. The Hall–Kier alpha value is -1.39. The lowest BCUT2D eigenvalue weighted by Gasteiger charge is -2.09. The molecule has 1 heterocycles. The molecule has 96 valence electrons. The molecule has 0 unspecified atom stereocenters. The van der Waals surface area contributed by atoms with E-state index in [1.165, 1.54) is 11.1 Å². The number of benzene rings is 1. The molecule has 0 aliphatic carbocycles. The second-order valence-corrected chi connectivity index (χ2v) is 4.91. The smallest absolute Gasteiger partial charge is 0.183 e. The second-order valence-electron chi connectivity index (χ2n) is 4.05. The lowest BCUT2D eigenvalue weighted by molar-refractivity contribution is 0.133. The van der Waals surface area contributed by atoms with E-state index < -0.39 is 0 Å². The first kappa shape index (κ1) is 13.1. The molecule has 1 aromatic carbocycles. The minimum Gasteiger partial charge on any atom is -0.377 e. The van der Waals surface area contributed by atoms with Crippen LogP contribution in [0.5, 0.6) is 0 Å². The minimum absolute atomic E-state index is 0.672. The van der Waals surface area contributed by atoms with Gasteiger partial charge in [0.05, 0.1) is 12.3 Å². The third-order valence-electron chi connectivity index (χ3n) is 2.63. The van der Waals surface area contributed by atoms with E-state index >= 15 is 0 Å². The number of hydrogen-bond donors (Lipinski definition) is 1. The van der Waals surface area contributed by atoms with Crippen LogP contribution in [0.3, 0.4) is 0 Å². The number of nitrogens with one attached hydrogen (secondary N) is 1. The molecule has 0 aliphatic rings. The van der Waals surface area contributed by atoms with Gasteiger partial charge in [-0.25, -0.2) is 4.98 Å². The van der Waals surface area contributed by atoms with E-state index in [1.54, 1.807) is 11.3 Å². The number of rotatable bonds is 6. The van der Waals surface area contributed by atoms with Gasteiger partial charge in [-0.2, -0.15) is 0 Å². The van der Waals surface area contributed by atoms with E-state index in [4.69, 9.17) is 4.74 Å². The molecule has 2 rings (SSSR count). The van der Waals surface area contributed by atoms with Crippen LogP contribution in [0.4, 0.5) is 5.13 Å². The summed E-state index contributed by atoms with van der Waals surface area (Å²) in [4.78, 5) is 4.39. The van der Waals surface area contributed by atoms with Crippen molar-refractivity contribution in [1.29, 1.82) is 0 Å². The Labute approximate surface area is 112 Å². The van der Waals surface area contributed by atoms with E-state index in [9.17, 15) is 0 Å². The maximum atomic E-state index is 5.48. The van der Waals surface area contributed by atoms with Crippen molar-refractivity contribution in [2.75, 3.05) is 11.9 Å². The highest BCUT2D eigenvalue weighted by Crippen LogP contribution is 2.17. The molecule has 0 atom stereocenters. The quantitative estimate of drug-likeness (QED) is 0.863. The summed E-state index contributed by atoms with van der Waals surface area (Å²) in [6.45, 7) is 6.22. The zero-order chi connectivity index (χ0) is 12.8. The largest absolute Gasteiger partial charge is 0.377 e. The summed E-state index contributed by atoms with van der Waals surface area (Å²) in [7, 11) is 0. The van der Waals surface area contributed by atoms with Crippen LogP contribution in [0.2, 0.25) is 0 Å². The molecule has 0 saturated heterocycles. The highest BCUT2D eigenvalue weighted by molar-refractivity contribution is 7.13. The second kappa shape index (κ2) is 6.52. The van der Waals surface area contributed by atoms with Crippen LogP contribution in [0.1, 0.15) is 23.7 Å². The molecule has 1 N–H and O–H groups in total. The van der Waals surface area contributed by atoms with Gasteiger partial charge in [-0.3, -0.25) is 0 Å². The van der Waals surface area contributed by atoms with Crippen LogP contribution in [-0.4, -0.2) is 11.6 Å². The molecule has 3 nitrogen and oxygen atoms in total. The summed E-state index contributed by atoms with van der Waals surface area (Å²) in [6, 6.07) is 8.34. The number of ether oxygens (including phenoxy) is 1. The van der Waals surface area contributed by atoms with Gasteiger partial charge in [0.15, 0.2) is 5.13 Å². The van der Waals surface area contributed by atoms with Gasteiger partial charge in [-0.1, -0.05) is 24.3 Å². The van der Waals surface area contributed by atoms with Gasteiger partial charge in [-0.05, 0) is 25.0 Å². The van der Waals surface area contributed by atoms with Crippen molar-refractivity contribution in [3.63, 3.8) is 0 Å². The Kier molecular flexibility index (Phi) is 4.73. The summed E-state index contributed by atoms with van der Waals surface area (Å²) >= 11 is 1.64. The Morgan fingerprint density at radius 1 is 1.28 bits per heavy atom. The number of hydrogen-bond acceptors (Lipinski definition) is 4. The third kappa shape index (κ3) is 3.55. The molecule has 1 aromatic heterocycles. The highest BCUT2D eigenvalue weighted by atomic mass is 32.1. The van der Waals surface area contributed by atoms with Gasteiger partial charge in [0, 0.05) is 18.5 Å². The fourth-order valence-electron chi connectivity index (χ4n) is 1.69. The van der Waals surface area contributed by atoms with Crippen LogP contribution in [0, 0.1) is 6.92 Å². The zero-order valence-electron chi connectivity index (χ0n) is 10.8. The van der Waals surface area contributed by atoms with E-state index in [1.807, 2.05) is 19.9 Å². The van der Waals surface area contributed by atoms with Crippen molar-refractivity contribution < 1.29 is 4.74 Å². The van der Waals surface area contributed by atoms with Crippen molar-refractivity contribution in [3.05, 3.63) is 46.5 Å². The van der Waals surface area contributed by atoms with Crippen LogP contribution >= 0.6 is 11.3 Å². The monoisotopic (exact) mass is 262 g/mol. The van der Waals surface area contributed by atoms with Gasteiger partial charge in [0.25, 0.3) is 0 Å². The first-order chi connectivity index (χ1) is 8.79. The predicted molar refractivity (Wildman–Crippen MR) is 75.9 cm³/mol. The summed E-state index contributed by atoms with van der Waals surface area (Å²) in [6.07, 6.45) is 0. The van der Waals surface area contributed by atoms with Crippen molar-refractivity contribution in [1.82, 2.24) is 4.98 Å². The standard InChI is InChI=1S/C14H18N2OS/c1-3-17-9-13-7-5-4-6-12(13)8-15-14-16-11(2)10-18-14/h4-7,10H,3,8-9H2,1-2H3,(H,15,16). The maximum Gasteiger partial charge on any atom is 0.183 e. The molecule has 0 spiro atoms. The van der Waals surface area contributed by atoms with Crippen molar-refractivity contribution in [2.24, 2.45) is 0 Å². The van der Waals surface area contributed by atoms with Gasteiger partial charge in [0.1, 0.15) is 0 Å². The lowest BCUT2D eigenvalue weighted by atomic mass is 10.1. The van der Waals surface area contributed by atoms with Gasteiger partial charge in [-0.15, -0.1) is 11.3 Å². The first-order valence-electron chi connectivity index (χ1n) is 6.10. The zero-order valence-corrected chi connectivity index (χ0v) is 11.6. The molecule has 0 fully saturated rings. The Bertz CT molecular complexity index is 496. The number of anilines is 1. The topological polar surface area (TPSA) is 34.1 Å². The minimum atomic E-state index is 0.672. The number of thiazole rings is 1. The van der Waals surface area contributed by atoms with E-state index in [0.717, 1.165) is 24.0 Å². The first-order valence-corrected chi connectivity index (χ1v) is 6.98.